The molecular formula is C18H28N2O5S. The van der Waals surface area contributed by atoms with Gasteiger partial charge in [0.2, 0.25) is 10.0 Å². The van der Waals surface area contributed by atoms with Crippen LogP contribution in [0.3, 0.4) is 0 Å². The molecule has 0 unspecified atom stereocenters. The molecule has 1 aromatic carbocycles. The van der Waals surface area contributed by atoms with E-state index < -0.39 is 15.6 Å². The van der Waals surface area contributed by atoms with Crippen molar-refractivity contribution in [3.8, 4) is 5.75 Å². The van der Waals surface area contributed by atoms with Crippen molar-refractivity contribution in [2.75, 3.05) is 26.0 Å². The van der Waals surface area contributed by atoms with E-state index >= 15 is 0 Å². The van der Waals surface area contributed by atoms with Gasteiger partial charge in [-0.25, -0.2) is 17.9 Å². The van der Waals surface area contributed by atoms with E-state index in [0.29, 0.717) is 19.5 Å². The number of hydrogen-bond acceptors (Lipinski definition) is 5. The van der Waals surface area contributed by atoms with Gasteiger partial charge in [-0.15, -0.1) is 0 Å². The number of benzene rings is 1. The van der Waals surface area contributed by atoms with Crippen LogP contribution in [0.1, 0.15) is 32.8 Å². The standard InChI is InChI=1S/C18H28N2O5S/c1-18(2,3)25-17(21)20-12-15(13-20)9-10-26(22,23)19-11-14-5-7-16(24-4)8-6-14/h5-8,15,19H,9-13H2,1-4H3. The van der Waals surface area contributed by atoms with Gasteiger partial charge in [0.15, 0.2) is 0 Å². The van der Waals surface area contributed by atoms with Crippen molar-refractivity contribution < 1.29 is 22.7 Å². The second-order valence-electron chi connectivity index (χ2n) is 7.53. The fraction of sp³-hybridized carbons (Fsp3) is 0.611. The monoisotopic (exact) mass is 384 g/mol. The van der Waals surface area contributed by atoms with Gasteiger partial charge >= 0.3 is 6.09 Å². The van der Waals surface area contributed by atoms with Crippen LogP contribution in [-0.2, 0) is 21.3 Å². The van der Waals surface area contributed by atoms with Crippen LogP contribution in [0.2, 0.25) is 0 Å². The Bertz CT molecular complexity index is 704. The summed E-state index contributed by atoms with van der Waals surface area (Å²) in [6.07, 6.45) is 0.186. The molecule has 1 heterocycles. The van der Waals surface area contributed by atoms with Gasteiger partial charge < -0.3 is 14.4 Å². The molecule has 0 aliphatic carbocycles. The number of nitrogens with one attached hydrogen (secondary N) is 1. The molecule has 1 fully saturated rings. The number of nitrogens with zero attached hydrogens (tertiary/aromatic N) is 1. The van der Waals surface area contributed by atoms with Gasteiger partial charge in [-0.05, 0) is 50.8 Å². The SMILES string of the molecule is COc1ccc(CNS(=O)(=O)CCC2CN(C(=O)OC(C)(C)C)C2)cc1. The molecule has 0 atom stereocenters. The highest BCUT2D eigenvalue weighted by molar-refractivity contribution is 7.89. The Labute approximate surface area is 155 Å². The topological polar surface area (TPSA) is 84.9 Å². The van der Waals surface area contributed by atoms with Crippen LogP contribution in [0.25, 0.3) is 0 Å². The van der Waals surface area contributed by atoms with Crippen LogP contribution in [0.5, 0.6) is 5.75 Å². The fourth-order valence-corrected chi connectivity index (χ4v) is 3.73. The van der Waals surface area contributed by atoms with Crippen LogP contribution >= 0.6 is 0 Å². The summed E-state index contributed by atoms with van der Waals surface area (Å²) in [5, 5.41) is 0. The van der Waals surface area contributed by atoms with E-state index in [4.69, 9.17) is 9.47 Å². The molecule has 0 aromatic heterocycles. The molecule has 1 aliphatic rings. The molecule has 1 aliphatic heterocycles. The maximum atomic E-state index is 12.1. The molecule has 1 saturated heterocycles. The minimum Gasteiger partial charge on any atom is -0.497 e. The van der Waals surface area contributed by atoms with Crippen molar-refractivity contribution >= 4 is 16.1 Å². The molecule has 0 radical (unpaired) electrons. The molecule has 2 rings (SSSR count). The van der Waals surface area contributed by atoms with Gasteiger partial charge in [-0.3, -0.25) is 0 Å². The Hall–Kier alpha value is -1.80. The van der Waals surface area contributed by atoms with E-state index in [1.807, 2.05) is 32.9 Å². The summed E-state index contributed by atoms with van der Waals surface area (Å²) in [6.45, 7) is 6.81. The zero-order chi connectivity index (χ0) is 19.4. The lowest BCUT2D eigenvalue weighted by molar-refractivity contribution is -0.00128. The highest BCUT2D eigenvalue weighted by Crippen LogP contribution is 2.22. The molecule has 26 heavy (non-hydrogen) atoms. The first-order valence-electron chi connectivity index (χ1n) is 8.66. The first kappa shape index (κ1) is 20.5. The Morgan fingerprint density at radius 3 is 2.38 bits per heavy atom. The first-order chi connectivity index (χ1) is 12.1. The molecule has 1 aromatic rings. The van der Waals surface area contributed by atoms with Crippen LogP contribution in [0, 0.1) is 5.92 Å². The number of methoxy groups -OCH3 is 1. The van der Waals surface area contributed by atoms with E-state index in [9.17, 15) is 13.2 Å². The molecule has 0 saturated carbocycles. The summed E-state index contributed by atoms with van der Waals surface area (Å²) in [5.41, 5.74) is 0.353. The largest absolute Gasteiger partial charge is 0.497 e. The predicted molar refractivity (Wildman–Crippen MR) is 99.5 cm³/mol. The number of carbonyl (C=O) groups is 1. The Balaban J connectivity index is 1.69. The van der Waals surface area contributed by atoms with Gasteiger partial charge in [0, 0.05) is 19.6 Å². The number of sulfonamides is 1. The van der Waals surface area contributed by atoms with Gasteiger partial charge in [0.1, 0.15) is 11.4 Å². The second kappa shape index (κ2) is 8.26. The third kappa shape index (κ3) is 6.49. The van der Waals surface area contributed by atoms with Crippen molar-refractivity contribution in [2.45, 2.75) is 39.3 Å². The number of carbonyl (C=O) groups excluding carboxylic acids is 1. The van der Waals surface area contributed by atoms with Crippen LogP contribution < -0.4 is 9.46 Å². The van der Waals surface area contributed by atoms with Crippen molar-refractivity contribution in [1.29, 1.82) is 0 Å². The number of rotatable bonds is 7. The smallest absolute Gasteiger partial charge is 0.410 e. The number of amides is 1. The fourth-order valence-electron chi connectivity index (χ4n) is 2.56. The van der Waals surface area contributed by atoms with E-state index in [2.05, 4.69) is 4.72 Å². The van der Waals surface area contributed by atoms with E-state index in [1.165, 1.54) is 0 Å². The molecule has 146 valence electrons. The zero-order valence-corrected chi connectivity index (χ0v) is 16.6. The van der Waals surface area contributed by atoms with Crippen LogP contribution in [0.4, 0.5) is 4.79 Å². The Morgan fingerprint density at radius 2 is 1.85 bits per heavy atom. The normalized spacial score (nSPS) is 15.5. The van der Waals surface area contributed by atoms with Crippen molar-refractivity contribution in [3.63, 3.8) is 0 Å². The van der Waals surface area contributed by atoms with Gasteiger partial charge in [-0.1, -0.05) is 12.1 Å². The Kier molecular flexibility index (Phi) is 6.52. The number of likely N-dealkylation sites (tertiary alicyclic amines) is 1. The maximum absolute atomic E-state index is 12.1. The van der Waals surface area contributed by atoms with Crippen LogP contribution in [-0.4, -0.2) is 51.0 Å². The van der Waals surface area contributed by atoms with E-state index in [1.54, 1.807) is 24.1 Å². The van der Waals surface area contributed by atoms with Gasteiger partial charge in [-0.2, -0.15) is 0 Å². The van der Waals surface area contributed by atoms with Crippen molar-refractivity contribution in [3.05, 3.63) is 29.8 Å². The molecule has 7 nitrogen and oxygen atoms in total. The third-order valence-corrected chi connectivity index (χ3v) is 5.42. The highest BCUT2D eigenvalue weighted by atomic mass is 32.2. The summed E-state index contributed by atoms with van der Waals surface area (Å²) >= 11 is 0. The lowest BCUT2D eigenvalue weighted by Crippen LogP contribution is -2.52. The van der Waals surface area contributed by atoms with Crippen LogP contribution in [0.15, 0.2) is 24.3 Å². The average Bonchev–Trinajstić information content (AvgIpc) is 2.50. The summed E-state index contributed by atoms with van der Waals surface area (Å²) < 4.78 is 37.2. The lowest BCUT2D eigenvalue weighted by Gasteiger charge is -2.39. The summed E-state index contributed by atoms with van der Waals surface area (Å²) in [7, 11) is -1.76. The van der Waals surface area contributed by atoms with Crippen molar-refractivity contribution in [1.82, 2.24) is 9.62 Å². The van der Waals surface area contributed by atoms with E-state index in [0.717, 1.165) is 11.3 Å². The van der Waals surface area contributed by atoms with E-state index in [-0.39, 0.29) is 24.3 Å². The molecular weight excluding hydrogens is 356 g/mol. The predicted octanol–water partition coefficient (Wildman–Crippen LogP) is 2.37. The third-order valence-electron chi connectivity index (χ3n) is 4.06. The number of ether oxygens (including phenoxy) is 2. The molecule has 8 heteroatoms. The summed E-state index contributed by atoms with van der Waals surface area (Å²) in [4.78, 5) is 13.5. The van der Waals surface area contributed by atoms with Gasteiger partial charge in [0.05, 0.1) is 12.9 Å². The molecule has 1 N–H and O–H groups in total. The lowest BCUT2D eigenvalue weighted by atomic mass is 9.98. The summed E-state index contributed by atoms with van der Waals surface area (Å²) in [5.74, 6) is 0.979. The minimum atomic E-state index is -3.35. The molecule has 0 spiro atoms. The molecule has 1 amide bonds. The quantitative estimate of drug-likeness (QED) is 0.780. The minimum absolute atomic E-state index is 0.0516. The van der Waals surface area contributed by atoms with Crippen molar-refractivity contribution in [2.24, 2.45) is 5.92 Å². The zero-order valence-electron chi connectivity index (χ0n) is 15.8. The average molecular weight is 384 g/mol. The molecule has 0 bridgehead atoms. The van der Waals surface area contributed by atoms with Gasteiger partial charge in [0.25, 0.3) is 0 Å². The Morgan fingerprint density at radius 1 is 1.23 bits per heavy atom. The number of hydrogen-bond donors (Lipinski definition) is 1. The second-order valence-corrected chi connectivity index (χ2v) is 9.45. The summed E-state index contributed by atoms with van der Waals surface area (Å²) in [6, 6.07) is 7.24. The maximum Gasteiger partial charge on any atom is 0.410 e. The highest BCUT2D eigenvalue weighted by Gasteiger charge is 2.34. The first-order valence-corrected chi connectivity index (χ1v) is 10.3.